The second-order valence-corrected chi connectivity index (χ2v) is 5.94. The lowest BCUT2D eigenvalue weighted by Gasteiger charge is -2.11. The van der Waals surface area contributed by atoms with E-state index in [0.717, 1.165) is 11.3 Å². The molecular weight excluding hydrogens is 333 g/mol. The molecule has 0 saturated heterocycles. The molecule has 0 heterocycles. The zero-order valence-electron chi connectivity index (χ0n) is 12.4. The Balaban J connectivity index is 1.83. The predicted molar refractivity (Wildman–Crippen MR) is 96.9 cm³/mol. The number of hydrogen-bond acceptors (Lipinski definition) is 3. The van der Waals surface area contributed by atoms with E-state index in [1.165, 1.54) is 12.1 Å². The van der Waals surface area contributed by atoms with Gasteiger partial charge in [0, 0.05) is 17.0 Å². The van der Waals surface area contributed by atoms with Crippen molar-refractivity contribution in [3.05, 3.63) is 65.5 Å². The monoisotopic (exact) mass is 349 g/mol. The molecule has 2 aromatic rings. The van der Waals surface area contributed by atoms with E-state index in [9.17, 15) is 9.18 Å². The molecule has 0 aliphatic rings. The molecule has 0 spiro atoms. The summed E-state index contributed by atoms with van der Waals surface area (Å²) in [5, 5.41) is 3.05. The number of amides is 1. The van der Waals surface area contributed by atoms with Crippen LogP contribution in [0.3, 0.4) is 0 Å². The SMILES string of the molecule is CSCc1ccc(C(=O)NNC(=S)Nc2ccc(F)cc2)cc1. The van der Waals surface area contributed by atoms with Crippen molar-refractivity contribution in [2.24, 2.45) is 0 Å². The van der Waals surface area contributed by atoms with Gasteiger partial charge >= 0.3 is 0 Å². The van der Waals surface area contributed by atoms with E-state index in [-0.39, 0.29) is 16.8 Å². The summed E-state index contributed by atoms with van der Waals surface area (Å²) in [6.45, 7) is 0. The van der Waals surface area contributed by atoms with Gasteiger partial charge in [-0.3, -0.25) is 15.6 Å². The van der Waals surface area contributed by atoms with Crippen LogP contribution in [-0.2, 0) is 5.75 Å². The van der Waals surface area contributed by atoms with Crippen LogP contribution in [0.5, 0.6) is 0 Å². The Kier molecular flexibility index (Phi) is 6.37. The molecule has 2 rings (SSSR count). The minimum absolute atomic E-state index is 0.212. The van der Waals surface area contributed by atoms with Gasteiger partial charge in [0.1, 0.15) is 5.82 Å². The molecule has 3 N–H and O–H groups in total. The number of halogens is 1. The van der Waals surface area contributed by atoms with Crippen molar-refractivity contribution in [3.63, 3.8) is 0 Å². The quantitative estimate of drug-likeness (QED) is 0.584. The van der Waals surface area contributed by atoms with Crippen molar-refractivity contribution in [1.82, 2.24) is 10.9 Å². The maximum absolute atomic E-state index is 12.8. The summed E-state index contributed by atoms with van der Waals surface area (Å²) in [4.78, 5) is 12.0. The number of nitrogens with one attached hydrogen (secondary N) is 3. The van der Waals surface area contributed by atoms with Gasteiger partial charge in [-0.2, -0.15) is 11.8 Å². The van der Waals surface area contributed by atoms with Crippen molar-refractivity contribution >= 4 is 40.7 Å². The molecule has 0 radical (unpaired) electrons. The van der Waals surface area contributed by atoms with Crippen LogP contribution < -0.4 is 16.2 Å². The Morgan fingerprint density at radius 1 is 1.09 bits per heavy atom. The fraction of sp³-hybridized carbons (Fsp3) is 0.125. The highest BCUT2D eigenvalue weighted by Gasteiger charge is 2.06. The molecule has 0 saturated carbocycles. The zero-order chi connectivity index (χ0) is 16.7. The smallest absolute Gasteiger partial charge is 0.269 e. The Labute approximate surface area is 143 Å². The number of hydrazine groups is 1. The van der Waals surface area contributed by atoms with Crippen molar-refractivity contribution in [1.29, 1.82) is 0 Å². The third kappa shape index (κ3) is 5.54. The Morgan fingerprint density at radius 3 is 2.35 bits per heavy atom. The van der Waals surface area contributed by atoms with E-state index >= 15 is 0 Å². The minimum Gasteiger partial charge on any atom is -0.331 e. The molecule has 0 atom stereocenters. The molecule has 7 heteroatoms. The van der Waals surface area contributed by atoms with Crippen molar-refractivity contribution in [2.45, 2.75) is 5.75 Å². The molecular formula is C16H16FN3OS2. The first kappa shape index (κ1) is 17.2. The van der Waals surface area contributed by atoms with Crippen LogP contribution >= 0.6 is 24.0 Å². The van der Waals surface area contributed by atoms with Gasteiger partial charge in [0.2, 0.25) is 0 Å². The molecule has 4 nitrogen and oxygen atoms in total. The topological polar surface area (TPSA) is 53.2 Å². The first-order chi connectivity index (χ1) is 11.1. The average Bonchev–Trinajstić information content (AvgIpc) is 2.56. The third-order valence-electron chi connectivity index (χ3n) is 2.92. The van der Waals surface area contributed by atoms with Crippen LogP contribution in [-0.4, -0.2) is 17.3 Å². The maximum Gasteiger partial charge on any atom is 0.269 e. The van der Waals surface area contributed by atoms with Gasteiger partial charge in [0.05, 0.1) is 0 Å². The third-order valence-corrected chi connectivity index (χ3v) is 3.74. The van der Waals surface area contributed by atoms with Crippen LogP contribution in [0.4, 0.5) is 10.1 Å². The molecule has 0 aliphatic carbocycles. The second kappa shape index (κ2) is 8.50. The van der Waals surface area contributed by atoms with E-state index in [2.05, 4.69) is 16.2 Å². The minimum atomic E-state index is -0.326. The maximum atomic E-state index is 12.8. The highest BCUT2D eigenvalue weighted by Crippen LogP contribution is 2.10. The van der Waals surface area contributed by atoms with Crippen LogP contribution in [0.1, 0.15) is 15.9 Å². The summed E-state index contributed by atoms with van der Waals surface area (Å²) in [6.07, 6.45) is 2.03. The largest absolute Gasteiger partial charge is 0.331 e. The van der Waals surface area contributed by atoms with Gasteiger partial charge < -0.3 is 5.32 Å². The summed E-state index contributed by atoms with van der Waals surface area (Å²) < 4.78 is 12.8. The van der Waals surface area contributed by atoms with E-state index in [1.54, 1.807) is 36.0 Å². The summed E-state index contributed by atoms with van der Waals surface area (Å²) in [6, 6.07) is 13.1. The van der Waals surface area contributed by atoms with Gasteiger partial charge in [0.15, 0.2) is 5.11 Å². The van der Waals surface area contributed by atoms with Crippen LogP contribution in [0, 0.1) is 5.82 Å². The molecule has 120 valence electrons. The molecule has 23 heavy (non-hydrogen) atoms. The molecule has 0 bridgehead atoms. The van der Waals surface area contributed by atoms with Crippen molar-refractivity contribution < 1.29 is 9.18 Å². The average molecular weight is 349 g/mol. The molecule has 0 fully saturated rings. The summed E-state index contributed by atoms with van der Waals surface area (Å²) >= 11 is 6.78. The van der Waals surface area contributed by atoms with E-state index in [0.29, 0.717) is 11.3 Å². The molecule has 2 aromatic carbocycles. The van der Waals surface area contributed by atoms with E-state index < -0.39 is 0 Å². The predicted octanol–water partition coefficient (Wildman–Crippen LogP) is 3.32. The normalized spacial score (nSPS) is 10.0. The van der Waals surface area contributed by atoms with E-state index in [4.69, 9.17) is 12.2 Å². The Bertz CT molecular complexity index is 675. The highest BCUT2D eigenvalue weighted by atomic mass is 32.2. The second-order valence-electron chi connectivity index (χ2n) is 4.67. The van der Waals surface area contributed by atoms with Gasteiger partial charge in [0.25, 0.3) is 5.91 Å². The van der Waals surface area contributed by atoms with Crippen molar-refractivity contribution in [3.8, 4) is 0 Å². The number of rotatable bonds is 4. The highest BCUT2D eigenvalue weighted by molar-refractivity contribution is 7.97. The van der Waals surface area contributed by atoms with Gasteiger partial charge in [-0.25, -0.2) is 4.39 Å². The fourth-order valence-electron chi connectivity index (χ4n) is 1.80. The number of hydrogen-bond donors (Lipinski definition) is 3. The number of thioether (sulfide) groups is 1. The Morgan fingerprint density at radius 2 is 1.74 bits per heavy atom. The number of thiocarbonyl (C=S) groups is 1. The zero-order valence-corrected chi connectivity index (χ0v) is 14.1. The summed E-state index contributed by atoms with van der Waals surface area (Å²) in [7, 11) is 0. The molecule has 0 aromatic heterocycles. The fourth-order valence-corrected chi connectivity index (χ4v) is 2.49. The molecule has 1 amide bonds. The summed E-state index contributed by atoms with van der Waals surface area (Å²) in [5.74, 6) is 0.294. The molecule has 0 unspecified atom stereocenters. The number of anilines is 1. The number of carbonyl (C=O) groups excluding carboxylic acids is 1. The van der Waals surface area contributed by atoms with Crippen LogP contribution in [0.25, 0.3) is 0 Å². The number of carbonyl (C=O) groups is 1. The lowest BCUT2D eigenvalue weighted by molar-refractivity contribution is 0.0944. The van der Waals surface area contributed by atoms with Crippen LogP contribution in [0.2, 0.25) is 0 Å². The first-order valence-electron chi connectivity index (χ1n) is 6.79. The van der Waals surface area contributed by atoms with Gasteiger partial charge in [-0.05, 0) is 60.4 Å². The summed E-state index contributed by atoms with van der Waals surface area (Å²) in [5.41, 5.74) is 7.44. The Hall–Kier alpha value is -2.12. The van der Waals surface area contributed by atoms with Crippen LogP contribution in [0.15, 0.2) is 48.5 Å². The van der Waals surface area contributed by atoms with Gasteiger partial charge in [-0.15, -0.1) is 0 Å². The van der Waals surface area contributed by atoms with Gasteiger partial charge in [-0.1, -0.05) is 12.1 Å². The van der Waals surface area contributed by atoms with E-state index in [1.807, 2.05) is 18.4 Å². The standard InChI is InChI=1S/C16H16FN3OS2/c1-23-10-11-2-4-12(5-3-11)15(21)19-20-16(22)18-14-8-6-13(17)7-9-14/h2-9H,10H2,1H3,(H,19,21)(H2,18,20,22). The first-order valence-corrected chi connectivity index (χ1v) is 8.59. The lowest BCUT2D eigenvalue weighted by Crippen LogP contribution is -2.43. The molecule has 0 aliphatic heterocycles. The lowest BCUT2D eigenvalue weighted by atomic mass is 10.1. The number of benzene rings is 2. The van der Waals surface area contributed by atoms with Crippen molar-refractivity contribution in [2.75, 3.05) is 11.6 Å².